The van der Waals surface area contributed by atoms with E-state index in [2.05, 4.69) is 15.4 Å². The Morgan fingerprint density at radius 1 is 1.54 bits per heavy atom. The van der Waals surface area contributed by atoms with Gasteiger partial charge in [-0.15, -0.1) is 0 Å². The van der Waals surface area contributed by atoms with Crippen LogP contribution < -0.4 is 5.32 Å². The van der Waals surface area contributed by atoms with Gasteiger partial charge in [-0.05, 0) is 19.3 Å². The molecule has 0 spiro atoms. The Balaban J connectivity index is 2.78. The minimum atomic E-state index is -3.32. The van der Waals surface area contributed by atoms with Crippen LogP contribution in [0.2, 0.25) is 5.15 Å². The number of carboxylic acid groups (broad SMARTS) is 1. The second-order valence-corrected chi connectivity index (χ2v) is 5.93. The van der Waals surface area contributed by atoms with Crippen molar-refractivity contribution >= 4 is 29.0 Å². The van der Waals surface area contributed by atoms with Crippen LogP contribution in [0.4, 0.5) is 19.0 Å². The highest BCUT2D eigenvalue weighted by Crippen LogP contribution is 2.36. The molecule has 2 rings (SSSR count). The quantitative estimate of drug-likeness (QED) is 0.599. The maximum absolute atomic E-state index is 14.2. The summed E-state index contributed by atoms with van der Waals surface area (Å²) in [5.74, 6) is -4.76. The Bertz CT molecular complexity index is 779. The summed E-state index contributed by atoms with van der Waals surface area (Å²) in [6.07, 6.45) is -1.74. The molecule has 0 radical (unpaired) electrons. The van der Waals surface area contributed by atoms with E-state index < -0.39 is 18.2 Å². The Kier molecular flexibility index (Phi) is 4.93. The van der Waals surface area contributed by atoms with Gasteiger partial charge in [0.2, 0.25) is 5.79 Å². The fourth-order valence-electron chi connectivity index (χ4n) is 2.18. The van der Waals surface area contributed by atoms with Crippen molar-refractivity contribution < 1.29 is 23.1 Å². The molecule has 24 heavy (non-hydrogen) atoms. The first-order valence-electron chi connectivity index (χ1n) is 7.15. The average Bonchev–Trinajstić information content (AvgIpc) is 2.89. The van der Waals surface area contributed by atoms with Crippen LogP contribution in [-0.2, 0) is 0 Å². The number of fused-ring (bicyclic) bond motifs is 1. The highest BCUT2D eigenvalue weighted by Gasteiger charge is 2.37. The number of aromatic carboxylic acids is 1. The molecule has 2 N–H and O–H groups in total. The van der Waals surface area contributed by atoms with E-state index in [0.29, 0.717) is 13.3 Å². The number of nitrogens with one attached hydrogen (secondary N) is 1. The molecular weight excluding hydrogens is 349 g/mol. The van der Waals surface area contributed by atoms with E-state index in [-0.39, 0.29) is 33.7 Å². The third-order valence-corrected chi connectivity index (χ3v) is 4.03. The highest BCUT2D eigenvalue weighted by atomic mass is 35.5. The normalized spacial score (nSPS) is 15.5. The molecule has 0 aliphatic rings. The highest BCUT2D eigenvalue weighted by molar-refractivity contribution is 6.30. The second-order valence-electron chi connectivity index (χ2n) is 5.57. The van der Waals surface area contributed by atoms with Gasteiger partial charge in [-0.25, -0.2) is 22.9 Å². The maximum atomic E-state index is 14.2. The first-order valence-corrected chi connectivity index (χ1v) is 7.53. The van der Waals surface area contributed by atoms with Gasteiger partial charge in [0.05, 0.1) is 6.20 Å². The van der Waals surface area contributed by atoms with E-state index in [4.69, 9.17) is 16.7 Å². The van der Waals surface area contributed by atoms with Crippen LogP contribution in [0.5, 0.6) is 0 Å². The third-order valence-electron chi connectivity index (χ3n) is 3.75. The first-order chi connectivity index (χ1) is 11.1. The molecule has 2 aromatic rings. The molecule has 0 fully saturated rings. The largest absolute Gasteiger partial charge is 0.477 e. The number of anilines is 1. The van der Waals surface area contributed by atoms with E-state index in [9.17, 15) is 18.0 Å². The Morgan fingerprint density at radius 3 is 2.67 bits per heavy atom. The summed E-state index contributed by atoms with van der Waals surface area (Å²) < 4.78 is 41.0. The van der Waals surface area contributed by atoms with Gasteiger partial charge in [-0.1, -0.05) is 25.4 Å². The zero-order valence-corrected chi connectivity index (χ0v) is 13.9. The van der Waals surface area contributed by atoms with Gasteiger partial charge in [0.1, 0.15) is 16.5 Å². The zero-order valence-electron chi connectivity index (χ0n) is 13.1. The van der Waals surface area contributed by atoms with E-state index in [1.54, 1.807) is 6.92 Å². The topological polar surface area (TPSA) is 79.5 Å². The van der Waals surface area contributed by atoms with Crippen molar-refractivity contribution in [3.63, 3.8) is 0 Å². The summed E-state index contributed by atoms with van der Waals surface area (Å²) in [6, 6.07) is 0. The molecule has 2 aromatic heterocycles. The van der Waals surface area contributed by atoms with E-state index in [1.165, 1.54) is 0 Å². The summed E-state index contributed by atoms with van der Waals surface area (Å²) in [5.41, 5.74) is -0.142. The van der Waals surface area contributed by atoms with Gasteiger partial charge in [-0.2, -0.15) is 9.61 Å². The number of carbonyl (C=O) groups is 1. The van der Waals surface area contributed by atoms with E-state index >= 15 is 0 Å². The molecule has 0 bridgehead atoms. The zero-order chi connectivity index (χ0) is 18.2. The van der Waals surface area contributed by atoms with Crippen LogP contribution >= 0.6 is 11.6 Å². The Labute approximate surface area is 140 Å². The van der Waals surface area contributed by atoms with Crippen molar-refractivity contribution in [1.29, 1.82) is 0 Å². The van der Waals surface area contributed by atoms with Crippen molar-refractivity contribution in [2.24, 2.45) is 0 Å². The number of nitrogens with zero attached hydrogens (tertiary/aromatic N) is 3. The maximum Gasteiger partial charge on any atom is 0.341 e. The molecule has 132 valence electrons. The van der Waals surface area contributed by atoms with Crippen molar-refractivity contribution in [3.05, 3.63) is 22.5 Å². The predicted molar refractivity (Wildman–Crippen MR) is 82.8 cm³/mol. The number of alkyl halides is 3. The molecule has 1 unspecified atom stereocenters. The minimum Gasteiger partial charge on any atom is -0.477 e. The average molecular weight is 365 g/mol. The molecule has 6 nitrogen and oxygen atoms in total. The lowest BCUT2D eigenvalue weighted by Gasteiger charge is -2.26. The van der Waals surface area contributed by atoms with Crippen LogP contribution in [0.25, 0.3) is 5.65 Å². The van der Waals surface area contributed by atoms with Crippen LogP contribution in [0, 0.1) is 0 Å². The molecule has 0 saturated heterocycles. The molecular formula is C14H16ClF3N4O2. The first kappa shape index (κ1) is 18.3. The molecule has 0 aliphatic carbocycles. The molecule has 10 heteroatoms. The summed E-state index contributed by atoms with van der Waals surface area (Å²) in [7, 11) is 0. The second kappa shape index (κ2) is 6.46. The van der Waals surface area contributed by atoms with Crippen LogP contribution in [0.15, 0.2) is 6.20 Å². The molecule has 0 aromatic carbocycles. The Morgan fingerprint density at radius 2 is 2.17 bits per heavy atom. The summed E-state index contributed by atoms with van der Waals surface area (Å²) >= 11 is 6.13. The van der Waals surface area contributed by atoms with Gasteiger partial charge >= 0.3 is 5.97 Å². The molecule has 0 amide bonds. The van der Waals surface area contributed by atoms with Crippen LogP contribution in [0.1, 0.15) is 49.0 Å². The lowest BCUT2D eigenvalue weighted by atomic mass is 10.00. The lowest BCUT2D eigenvalue weighted by molar-refractivity contribution is -0.00304. The van der Waals surface area contributed by atoms with Crippen LogP contribution in [0.3, 0.4) is 0 Å². The molecule has 0 saturated carbocycles. The van der Waals surface area contributed by atoms with Crippen molar-refractivity contribution in [3.8, 4) is 0 Å². The van der Waals surface area contributed by atoms with Gasteiger partial charge < -0.3 is 10.4 Å². The third kappa shape index (κ3) is 3.12. The number of carboxylic acids is 1. The standard InChI is InChI=1S/C14H16ClF3N4O2/c1-4-6(2)8-9(15)20-10-7(12(23)24)5-19-22(10)11(8)21-14(3,18)13(16)17/h5-6,13,21H,4H2,1-3H3,(H,23,24)/t6?,14-/m1/s1. The number of aromatic nitrogens is 3. The smallest absolute Gasteiger partial charge is 0.341 e. The number of hydrogen-bond acceptors (Lipinski definition) is 4. The fourth-order valence-corrected chi connectivity index (χ4v) is 2.53. The van der Waals surface area contributed by atoms with Crippen LogP contribution in [-0.4, -0.2) is 37.9 Å². The lowest BCUT2D eigenvalue weighted by Crippen LogP contribution is -2.38. The molecule has 2 atom stereocenters. The summed E-state index contributed by atoms with van der Waals surface area (Å²) in [5, 5.41) is 15.0. The van der Waals surface area contributed by atoms with Gasteiger partial charge in [0, 0.05) is 5.56 Å². The fraction of sp³-hybridized carbons (Fsp3) is 0.500. The van der Waals surface area contributed by atoms with Crippen molar-refractivity contribution in [2.75, 3.05) is 5.32 Å². The monoisotopic (exact) mass is 364 g/mol. The van der Waals surface area contributed by atoms with Gasteiger partial charge in [0.15, 0.2) is 5.65 Å². The number of hydrogen-bond donors (Lipinski definition) is 2. The summed E-state index contributed by atoms with van der Waals surface area (Å²) in [6.45, 7) is 4.28. The van der Waals surface area contributed by atoms with Gasteiger partial charge in [-0.3, -0.25) is 0 Å². The predicted octanol–water partition coefficient (Wildman–Crippen LogP) is 3.96. The van der Waals surface area contributed by atoms with Crippen molar-refractivity contribution in [2.45, 2.75) is 45.3 Å². The molecule has 0 aliphatic heterocycles. The number of rotatable bonds is 6. The van der Waals surface area contributed by atoms with Crippen molar-refractivity contribution in [1.82, 2.24) is 14.6 Å². The van der Waals surface area contributed by atoms with E-state index in [0.717, 1.165) is 10.7 Å². The minimum absolute atomic E-state index is 0.0904. The number of halogens is 4. The van der Waals surface area contributed by atoms with Gasteiger partial charge in [0.25, 0.3) is 6.43 Å². The molecule has 2 heterocycles. The Hall–Kier alpha value is -2.03. The van der Waals surface area contributed by atoms with E-state index in [1.807, 2.05) is 6.92 Å². The SMILES string of the molecule is CCC(C)c1c(Cl)nc2c(C(=O)O)cnn2c1N[C@@](C)(F)C(F)F. The summed E-state index contributed by atoms with van der Waals surface area (Å²) in [4.78, 5) is 15.2.